The quantitative estimate of drug-likeness (QED) is 0.807. The van der Waals surface area contributed by atoms with Crippen LogP contribution in [0.2, 0.25) is 0 Å². The van der Waals surface area contributed by atoms with Crippen molar-refractivity contribution in [3.63, 3.8) is 0 Å². The van der Waals surface area contributed by atoms with Gasteiger partial charge >= 0.3 is 6.03 Å². The summed E-state index contributed by atoms with van der Waals surface area (Å²) < 4.78 is 0. The minimum absolute atomic E-state index is 0.144. The standard InChI is InChI=1S/C13H16N2O2/c16-12-8-4-5-9-15(10-12)13(17)14-11-6-2-1-3-7-11/h1-3,6-7H,4-5,8-10H2,(H,14,17). The fraction of sp³-hybridized carbons (Fsp3) is 0.385. The molecule has 4 heteroatoms. The monoisotopic (exact) mass is 232 g/mol. The minimum atomic E-state index is -0.188. The van der Waals surface area contributed by atoms with Crippen LogP contribution in [0.3, 0.4) is 0 Å². The number of amides is 2. The molecule has 17 heavy (non-hydrogen) atoms. The zero-order chi connectivity index (χ0) is 12.1. The van der Waals surface area contributed by atoms with Crippen LogP contribution in [-0.2, 0) is 4.79 Å². The molecule has 1 aliphatic heterocycles. The van der Waals surface area contributed by atoms with Crippen LogP contribution in [-0.4, -0.2) is 29.8 Å². The van der Waals surface area contributed by atoms with E-state index in [2.05, 4.69) is 5.32 Å². The Labute approximate surface area is 101 Å². The Kier molecular flexibility index (Phi) is 3.75. The van der Waals surface area contributed by atoms with Crippen LogP contribution in [0.15, 0.2) is 30.3 Å². The van der Waals surface area contributed by atoms with Crippen molar-refractivity contribution in [2.45, 2.75) is 19.3 Å². The predicted octanol–water partition coefficient (Wildman–Crippen LogP) is 2.27. The van der Waals surface area contributed by atoms with Gasteiger partial charge in [-0.3, -0.25) is 4.79 Å². The highest BCUT2D eigenvalue weighted by Crippen LogP contribution is 2.10. The molecule has 0 atom stereocenters. The Bertz CT molecular complexity index is 403. The molecule has 2 amide bonds. The third kappa shape index (κ3) is 3.31. The van der Waals surface area contributed by atoms with Gasteiger partial charge in [0.15, 0.2) is 5.78 Å². The molecule has 1 aromatic rings. The second-order valence-electron chi connectivity index (χ2n) is 4.21. The van der Waals surface area contributed by atoms with Gasteiger partial charge in [-0.15, -0.1) is 0 Å². The molecule has 4 nitrogen and oxygen atoms in total. The third-order valence-corrected chi connectivity index (χ3v) is 2.81. The Morgan fingerprint density at radius 3 is 2.71 bits per heavy atom. The van der Waals surface area contributed by atoms with Crippen molar-refractivity contribution in [1.29, 1.82) is 0 Å². The van der Waals surface area contributed by atoms with Crippen molar-refractivity contribution in [3.8, 4) is 0 Å². The van der Waals surface area contributed by atoms with Crippen molar-refractivity contribution in [2.75, 3.05) is 18.4 Å². The maximum absolute atomic E-state index is 11.9. The molecular weight excluding hydrogens is 216 g/mol. The van der Waals surface area contributed by atoms with E-state index in [0.29, 0.717) is 13.0 Å². The third-order valence-electron chi connectivity index (χ3n) is 2.81. The van der Waals surface area contributed by atoms with E-state index in [1.807, 2.05) is 30.3 Å². The molecule has 90 valence electrons. The van der Waals surface area contributed by atoms with Crippen molar-refractivity contribution in [1.82, 2.24) is 4.90 Å². The largest absolute Gasteiger partial charge is 0.322 e. The number of likely N-dealkylation sites (tertiary alicyclic amines) is 1. The van der Waals surface area contributed by atoms with Crippen LogP contribution >= 0.6 is 0 Å². The summed E-state index contributed by atoms with van der Waals surface area (Å²) >= 11 is 0. The SMILES string of the molecule is O=C1CCCCN(C(=O)Nc2ccccc2)C1. The van der Waals surface area contributed by atoms with E-state index < -0.39 is 0 Å². The highest BCUT2D eigenvalue weighted by Gasteiger charge is 2.19. The number of para-hydroxylation sites is 1. The normalized spacial score (nSPS) is 16.5. The van der Waals surface area contributed by atoms with Crippen LogP contribution in [0.4, 0.5) is 10.5 Å². The van der Waals surface area contributed by atoms with Gasteiger partial charge in [0.25, 0.3) is 0 Å². The van der Waals surface area contributed by atoms with Gasteiger partial charge in [-0.05, 0) is 25.0 Å². The molecule has 2 rings (SSSR count). The number of carbonyl (C=O) groups is 2. The Morgan fingerprint density at radius 1 is 1.18 bits per heavy atom. The minimum Gasteiger partial charge on any atom is -0.317 e. The molecule has 1 aromatic carbocycles. The molecule has 1 saturated heterocycles. The van der Waals surface area contributed by atoms with E-state index in [1.165, 1.54) is 0 Å². The fourth-order valence-corrected chi connectivity index (χ4v) is 1.89. The first-order chi connectivity index (χ1) is 8.25. The van der Waals surface area contributed by atoms with Gasteiger partial charge in [0.1, 0.15) is 0 Å². The maximum Gasteiger partial charge on any atom is 0.322 e. The van der Waals surface area contributed by atoms with Gasteiger partial charge in [0.05, 0.1) is 6.54 Å². The van der Waals surface area contributed by atoms with Crippen molar-refractivity contribution in [3.05, 3.63) is 30.3 Å². The van der Waals surface area contributed by atoms with Gasteiger partial charge in [0.2, 0.25) is 0 Å². The first kappa shape index (κ1) is 11.6. The number of anilines is 1. The van der Waals surface area contributed by atoms with Gasteiger partial charge in [-0.25, -0.2) is 4.79 Å². The topological polar surface area (TPSA) is 49.4 Å². The lowest BCUT2D eigenvalue weighted by Gasteiger charge is -2.20. The average Bonchev–Trinajstić information content (AvgIpc) is 2.55. The van der Waals surface area contributed by atoms with Crippen molar-refractivity contribution in [2.24, 2.45) is 0 Å². The number of hydrogen-bond donors (Lipinski definition) is 1. The number of hydrogen-bond acceptors (Lipinski definition) is 2. The zero-order valence-corrected chi connectivity index (χ0v) is 9.69. The maximum atomic E-state index is 11.9. The molecule has 0 unspecified atom stereocenters. The number of urea groups is 1. The molecule has 0 aliphatic carbocycles. The summed E-state index contributed by atoms with van der Waals surface area (Å²) in [4.78, 5) is 24.9. The van der Waals surface area contributed by atoms with E-state index >= 15 is 0 Å². The Morgan fingerprint density at radius 2 is 1.94 bits per heavy atom. The molecule has 1 N–H and O–H groups in total. The van der Waals surface area contributed by atoms with Crippen LogP contribution < -0.4 is 5.32 Å². The molecule has 0 aromatic heterocycles. The molecule has 0 bridgehead atoms. The summed E-state index contributed by atoms with van der Waals surface area (Å²) in [7, 11) is 0. The van der Waals surface area contributed by atoms with E-state index in [1.54, 1.807) is 4.90 Å². The van der Waals surface area contributed by atoms with Crippen molar-refractivity contribution >= 4 is 17.5 Å². The summed E-state index contributed by atoms with van der Waals surface area (Å²) in [6, 6.07) is 9.10. The number of rotatable bonds is 1. The molecule has 0 spiro atoms. The van der Waals surface area contributed by atoms with Crippen molar-refractivity contribution < 1.29 is 9.59 Å². The number of carbonyl (C=O) groups excluding carboxylic acids is 2. The first-order valence-electron chi connectivity index (χ1n) is 5.88. The van der Waals surface area contributed by atoms with Gasteiger partial charge in [-0.1, -0.05) is 18.2 Å². The van der Waals surface area contributed by atoms with E-state index in [-0.39, 0.29) is 18.4 Å². The van der Waals surface area contributed by atoms with Gasteiger partial charge in [-0.2, -0.15) is 0 Å². The fourth-order valence-electron chi connectivity index (χ4n) is 1.89. The van der Waals surface area contributed by atoms with E-state index in [4.69, 9.17) is 0 Å². The first-order valence-corrected chi connectivity index (χ1v) is 5.88. The lowest BCUT2D eigenvalue weighted by molar-refractivity contribution is -0.119. The molecule has 0 radical (unpaired) electrons. The van der Waals surface area contributed by atoms with E-state index in [9.17, 15) is 9.59 Å². The van der Waals surface area contributed by atoms with Gasteiger partial charge < -0.3 is 10.2 Å². The number of nitrogens with one attached hydrogen (secondary N) is 1. The lowest BCUT2D eigenvalue weighted by Crippen LogP contribution is -2.37. The number of Topliss-reactive ketones (excluding diaryl/α,β-unsaturated/α-hetero) is 1. The van der Waals surface area contributed by atoms with Crippen LogP contribution in [0, 0.1) is 0 Å². The smallest absolute Gasteiger partial charge is 0.317 e. The molecule has 1 heterocycles. The van der Waals surface area contributed by atoms with Crippen LogP contribution in [0.1, 0.15) is 19.3 Å². The molecular formula is C13H16N2O2. The highest BCUT2D eigenvalue weighted by molar-refractivity contribution is 5.93. The number of benzene rings is 1. The molecule has 0 saturated carbocycles. The Balaban J connectivity index is 1.97. The number of ketones is 1. The summed E-state index contributed by atoms with van der Waals surface area (Å²) in [5.41, 5.74) is 0.759. The second-order valence-corrected chi connectivity index (χ2v) is 4.21. The summed E-state index contributed by atoms with van der Waals surface area (Å²) in [6.45, 7) is 0.892. The highest BCUT2D eigenvalue weighted by atomic mass is 16.2. The lowest BCUT2D eigenvalue weighted by atomic mass is 10.2. The number of nitrogens with zero attached hydrogens (tertiary/aromatic N) is 1. The summed E-state index contributed by atoms with van der Waals surface area (Å²) in [5, 5.41) is 2.79. The van der Waals surface area contributed by atoms with Gasteiger partial charge in [0, 0.05) is 18.7 Å². The van der Waals surface area contributed by atoms with Crippen LogP contribution in [0.25, 0.3) is 0 Å². The van der Waals surface area contributed by atoms with Crippen LogP contribution in [0.5, 0.6) is 0 Å². The molecule has 1 aliphatic rings. The molecule has 1 fully saturated rings. The Hall–Kier alpha value is -1.84. The predicted molar refractivity (Wildman–Crippen MR) is 65.9 cm³/mol. The summed E-state index contributed by atoms with van der Waals surface area (Å²) in [6.07, 6.45) is 2.37. The average molecular weight is 232 g/mol. The summed E-state index contributed by atoms with van der Waals surface area (Å²) in [5.74, 6) is 0.144. The zero-order valence-electron chi connectivity index (χ0n) is 9.69. The second kappa shape index (κ2) is 5.48. The van der Waals surface area contributed by atoms with E-state index in [0.717, 1.165) is 18.5 Å².